The third-order valence-electron chi connectivity index (χ3n) is 5.17. The number of benzene rings is 1. The molecule has 0 spiro atoms. The predicted octanol–water partition coefficient (Wildman–Crippen LogP) is 4.72. The van der Waals surface area contributed by atoms with Crippen molar-refractivity contribution in [2.24, 2.45) is 0 Å². The molecule has 0 aliphatic rings. The maximum absolute atomic E-state index is 11.7. The van der Waals surface area contributed by atoms with Gasteiger partial charge in [-0.25, -0.2) is 16.8 Å². The zero-order valence-corrected chi connectivity index (χ0v) is 24.8. The molecule has 0 fully saturated rings. The first-order valence-electron chi connectivity index (χ1n) is 11.5. The van der Waals surface area contributed by atoms with Crippen molar-refractivity contribution in [2.45, 2.75) is 64.4 Å². The molecule has 2 aromatic heterocycles. The van der Waals surface area contributed by atoms with Gasteiger partial charge in [0.1, 0.15) is 0 Å². The Kier molecular flexibility index (Phi) is 11.4. The number of hydrogen-bond acceptors (Lipinski definition) is 4. The van der Waals surface area contributed by atoms with Gasteiger partial charge in [0, 0.05) is 12.5 Å². The number of nitrogens with zero attached hydrogens (tertiary/aromatic N) is 2. The molecule has 184 valence electrons. The Bertz CT molecular complexity index is 1140. The zero-order chi connectivity index (χ0) is 25.2. The Morgan fingerprint density at radius 2 is 1.15 bits per heavy atom. The molecule has 34 heavy (non-hydrogen) atoms. The van der Waals surface area contributed by atoms with Crippen LogP contribution in [-0.2, 0) is 19.7 Å². The van der Waals surface area contributed by atoms with Crippen LogP contribution in [0.25, 0.3) is 0 Å². The minimum absolute atomic E-state index is 0.0154. The second kappa shape index (κ2) is 13.5. The molecule has 0 aliphatic carbocycles. The Morgan fingerprint density at radius 3 is 1.50 bits per heavy atom. The number of aromatic nitrogens is 2. The smallest absolute Gasteiger partial charge is 0.155 e. The summed E-state index contributed by atoms with van der Waals surface area (Å²) in [5.41, 5.74) is 1.85. The summed E-state index contributed by atoms with van der Waals surface area (Å²) in [6.45, 7) is 4.58. The molecule has 0 saturated heterocycles. The van der Waals surface area contributed by atoms with Crippen LogP contribution in [-0.4, -0.2) is 50.5 Å². The second-order valence-corrected chi connectivity index (χ2v) is 16.5. The fourth-order valence-corrected chi connectivity index (χ4v) is 8.65. The molecule has 0 saturated carbocycles. The predicted molar refractivity (Wildman–Crippen MR) is 138 cm³/mol. The third-order valence-corrected chi connectivity index (χ3v) is 11.2. The first-order chi connectivity index (χ1) is 16.1. The Morgan fingerprint density at radius 1 is 0.706 bits per heavy atom. The average molecular weight is 609 g/mol. The first kappa shape index (κ1) is 28.7. The van der Waals surface area contributed by atoms with Crippen LogP contribution in [0.4, 0.5) is 0 Å². The minimum Gasteiger partial charge on any atom is -0.651 e. The van der Waals surface area contributed by atoms with Crippen LogP contribution < -0.4 is 9.97 Å². The van der Waals surface area contributed by atoms with E-state index >= 15 is 0 Å². The summed E-state index contributed by atoms with van der Waals surface area (Å²) in [6.07, 6.45) is 8.03. The fourth-order valence-electron chi connectivity index (χ4n) is 3.32. The van der Waals surface area contributed by atoms with Crippen molar-refractivity contribution in [3.63, 3.8) is 0 Å². The molecular formula is C25H34N2O4S2Sn. The molecule has 0 aliphatic heterocycles. The van der Waals surface area contributed by atoms with Crippen LogP contribution in [0.1, 0.15) is 62.4 Å². The third kappa shape index (κ3) is 8.92. The van der Waals surface area contributed by atoms with Crippen molar-refractivity contribution in [3.05, 3.63) is 71.5 Å². The van der Waals surface area contributed by atoms with Gasteiger partial charge in [0.2, 0.25) is 0 Å². The van der Waals surface area contributed by atoms with Crippen molar-refractivity contribution >= 4 is 40.8 Å². The maximum Gasteiger partial charge on any atom is 0.155 e. The molecule has 6 nitrogen and oxygen atoms in total. The molecule has 0 N–H and O–H groups in total. The van der Waals surface area contributed by atoms with Gasteiger partial charge in [-0.05, 0) is 21.5 Å². The minimum atomic E-state index is -3.43. The Balaban J connectivity index is 0.000000387. The van der Waals surface area contributed by atoms with E-state index in [-0.39, 0.29) is 31.2 Å². The van der Waals surface area contributed by atoms with Crippen molar-refractivity contribution in [3.8, 4) is 0 Å². The largest absolute Gasteiger partial charge is 0.651 e. The van der Waals surface area contributed by atoms with Crippen LogP contribution in [0.2, 0.25) is 8.87 Å². The van der Waals surface area contributed by atoms with Gasteiger partial charge in [-0.3, -0.25) is 0 Å². The summed E-state index contributed by atoms with van der Waals surface area (Å²) in [4.78, 5) is 8.46. The molecular weight excluding hydrogens is 575 g/mol. The van der Waals surface area contributed by atoms with E-state index in [1.165, 1.54) is 37.8 Å². The monoisotopic (exact) mass is 610 g/mol. The molecule has 3 rings (SSSR count). The summed E-state index contributed by atoms with van der Waals surface area (Å²) in [5, 5.41) is -0.0309. The molecule has 0 unspecified atom stereocenters. The van der Waals surface area contributed by atoms with Gasteiger partial charge >= 0.3 is 69.5 Å². The second-order valence-electron chi connectivity index (χ2n) is 8.26. The molecule has 3 aromatic rings. The van der Waals surface area contributed by atoms with Gasteiger partial charge in [-0.1, -0.05) is 54.6 Å². The quantitative estimate of drug-likeness (QED) is 0.231. The first-order valence-corrected chi connectivity index (χ1v) is 19.3. The van der Waals surface area contributed by atoms with Gasteiger partial charge in [0.05, 0.1) is 0 Å². The topological polar surface area (TPSA) is 96.5 Å². The van der Waals surface area contributed by atoms with Crippen LogP contribution >= 0.6 is 0 Å². The molecule has 0 amide bonds. The van der Waals surface area contributed by atoms with Crippen LogP contribution in [0.15, 0.2) is 64.6 Å². The summed E-state index contributed by atoms with van der Waals surface area (Å²) in [5.74, 6) is -0.452. The van der Waals surface area contributed by atoms with E-state index in [1.54, 1.807) is 21.0 Å². The average Bonchev–Trinajstić information content (AvgIpc) is 3.46. The van der Waals surface area contributed by atoms with E-state index < -0.39 is 25.6 Å². The van der Waals surface area contributed by atoms with Gasteiger partial charge in [-0.15, -0.1) is 11.4 Å². The SMILES string of the molecule is CCC[CH2][Sn+2][CH2]CCC.CS(=O)(=O)c1ccc(C(c2ccccc2)c2ccc(S(C)(=O)=O)[n-]2)[n-]1. The van der Waals surface area contributed by atoms with Crippen LogP contribution in [0, 0.1) is 0 Å². The number of sulfone groups is 2. The summed E-state index contributed by atoms with van der Waals surface area (Å²) < 4.78 is 50.1. The fraction of sp³-hybridized carbons (Fsp3) is 0.440. The van der Waals surface area contributed by atoms with Gasteiger partial charge < -0.3 is 9.97 Å². The molecule has 0 radical (unpaired) electrons. The van der Waals surface area contributed by atoms with E-state index in [9.17, 15) is 16.8 Å². The van der Waals surface area contributed by atoms with E-state index in [0.717, 1.165) is 18.1 Å². The maximum atomic E-state index is 11.7. The van der Waals surface area contributed by atoms with E-state index in [4.69, 9.17) is 0 Å². The molecule has 9 heteroatoms. The van der Waals surface area contributed by atoms with Crippen molar-refractivity contribution in [2.75, 3.05) is 12.5 Å². The number of unbranched alkanes of at least 4 members (excludes halogenated alkanes) is 2. The number of rotatable bonds is 11. The molecule has 0 bridgehead atoms. The summed E-state index contributed by atoms with van der Waals surface area (Å²) >= 11 is 0.149. The van der Waals surface area contributed by atoms with Crippen molar-refractivity contribution in [1.29, 1.82) is 0 Å². The zero-order valence-electron chi connectivity index (χ0n) is 20.4. The molecule has 1 aromatic carbocycles. The van der Waals surface area contributed by atoms with Gasteiger partial charge in [0.25, 0.3) is 0 Å². The Labute approximate surface area is 215 Å². The summed E-state index contributed by atoms with van der Waals surface area (Å²) in [7, 11) is -6.85. The molecule has 2 heterocycles. The van der Waals surface area contributed by atoms with Gasteiger partial charge in [-0.2, -0.15) is 0 Å². The van der Waals surface area contributed by atoms with Crippen LogP contribution in [0.5, 0.6) is 0 Å². The van der Waals surface area contributed by atoms with Gasteiger partial charge in [0.15, 0.2) is 19.7 Å². The van der Waals surface area contributed by atoms with Crippen LogP contribution in [0.3, 0.4) is 0 Å². The van der Waals surface area contributed by atoms with E-state index in [2.05, 4.69) is 23.8 Å². The number of hydrogen-bond donors (Lipinski definition) is 0. The standard InChI is InChI=1S/C17H16N2O4S2.2C4H9.Sn/c1-24(20,21)15-10-8-13(18-15)17(12-6-4-3-5-7-12)14-9-11-16(19-14)25(2,22)23;2*1-3-4-2;/h3-11,17H,1-2H3;2*1,3-4H2,2H3;/q-2;;;+2. The van der Waals surface area contributed by atoms with E-state index in [0.29, 0.717) is 11.4 Å². The molecule has 0 atom stereocenters. The summed E-state index contributed by atoms with van der Waals surface area (Å²) in [6, 6.07) is 15.4. The Hall–Kier alpha value is -1.52. The normalized spacial score (nSPS) is 11.7. The van der Waals surface area contributed by atoms with Crippen molar-refractivity contribution in [1.82, 2.24) is 9.97 Å². The van der Waals surface area contributed by atoms with E-state index in [1.807, 2.05) is 30.3 Å². The van der Waals surface area contributed by atoms with Crippen molar-refractivity contribution < 1.29 is 16.8 Å².